The van der Waals surface area contributed by atoms with Gasteiger partial charge in [-0.1, -0.05) is 89.4 Å². The zero-order valence-corrected chi connectivity index (χ0v) is 27.2. The second-order valence-electron chi connectivity index (χ2n) is 10.1. The van der Waals surface area contributed by atoms with Crippen LogP contribution in [-0.4, -0.2) is 44.8 Å². The molecule has 0 aliphatic heterocycles. The smallest absolute Gasteiger partial charge is 0.357 e. The lowest BCUT2D eigenvalue weighted by Gasteiger charge is -2.34. The fourth-order valence-electron chi connectivity index (χ4n) is 4.67. The van der Waals surface area contributed by atoms with E-state index < -0.39 is 51.9 Å². The average molecular weight is 713 g/mol. The number of anilines is 1. The third-order valence-electron chi connectivity index (χ3n) is 7.01. The topological polar surface area (TPSA) is 86.8 Å². The molecule has 0 unspecified atom stereocenters. The normalized spacial score (nSPS) is 12.3. The van der Waals surface area contributed by atoms with E-state index in [9.17, 15) is 31.2 Å². The number of likely N-dealkylation sites (N-methyl/N-ethyl adjacent to an activating group) is 1. The Morgan fingerprint density at radius 2 is 1.41 bits per heavy atom. The van der Waals surface area contributed by atoms with Gasteiger partial charge in [-0.15, -0.1) is 0 Å². The molecule has 14 heteroatoms. The van der Waals surface area contributed by atoms with E-state index in [1.807, 2.05) is 0 Å². The summed E-state index contributed by atoms with van der Waals surface area (Å²) < 4.78 is 69.8. The Morgan fingerprint density at radius 3 is 2.00 bits per heavy atom. The number of amides is 2. The molecule has 46 heavy (non-hydrogen) atoms. The molecule has 1 atom stereocenters. The maximum atomic E-state index is 14.3. The molecule has 2 amide bonds. The van der Waals surface area contributed by atoms with Crippen molar-refractivity contribution in [3.63, 3.8) is 0 Å². The fourth-order valence-corrected chi connectivity index (χ4v) is 6.70. The number of benzene rings is 4. The lowest BCUT2D eigenvalue weighted by atomic mass is 10.0. The van der Waals surface area contributed by atoms with E-state index in [0.29, 0.717) is 27.6 Å². The predicted octanol–water partition coefficient (Wildman–Crippen LogP) is 7.25. The molecule has 0 fully saturated rings. The Bertz CT molecular complexity index is 1810. The highest BCUT2D eigenvalue weighted by atomic mass is 35.5. The Balaban J connectivity index is 1.86. The lowest BCUT2D eigenvalue weighted by Crippen LogP contribution is -2.53. The Labute approximate surface area is 279 Å². The van der Waals surface area contributed by atoms with Crippen LogP contribution < -0.4 is 9.62 Å². The van der Waals surface area contributed by atoms with Crippen LogP contribution in [0.4, 0.5) is 18.9 Å². The van der Waals surface area contributed by atoms with Gasteiger partial charge in [0.1, 0.15) is 12.6 Å². The van der Waals surface area contributed by atoms with E-state index in [1.54, 1.807) is 42.5 Å². The number of nitrogens with one attached hydrogen (secondary N) is 1. The molecule has 242 valence electrons. The Kier molecular flexibility index (Phi) is 11.3. The first kappa shape index (κ1) is 35.1. The molecule has 1 N–H and O–H groups in total. The van der Waals surface area contributed by atoms with E-state index in [-0.39, 0.29) is 32.9 Å². The van der Waals surface area contributed by atoms with Crippen LogP contribution in [0.25, 0.3) is 0 Å². The van der Waals surface area contributed by atoms with Crippen molar-refractivity contribution in [1.29, 1.82) is 0 Å². The van der Waals surface area contributed by atoms with Crippen molar-refractivity contribution in [2.75, 3.05) is 17.9 Å². The van der Waals surface area contributed by atoms with Gasteiger partial charge in [0.05, 0.1) is 31.2 Å². The summed E-state index contributed by atoms with van der Waals surface area (Å²) in [6.45, 7) is -1.22. The number of halogens is 6. The van der Waals surface area contributed by atoms with Crippen LogP contribution in [0.1, 0.15) is 16.7 Å². The van der Waals surface area contributed by atoms with Gasteiger partial charge >= 0.3 is 6.18 Å². The molecule has 0 saturated heterocycles. The number of rotatable bonds is 11. The molecular weight excluding hydrogens is 686 g/mol. The first-order valence-corrected chi connectivity index (χ1v) is 16.2. The molecule has 4 aromatic rings. The van der Waals surface area contributed by atoms with Crippen LogP contribution >= 0.6 is 34.8 Å². The molecule has 0 saturated carbocycles. The summed E-state index contributed by atoms with van der Waals surface area (Å²) >= 11 is 18.6. The quantitative estimate of drug-likeness (QED) is 0.178. The minimum Gasteiger partial charge on any atom is -0.357 e. The van der Waals surface area contributed by atoms with Gasteiger partial charge in [0, 0.05) is 20.0 Å². The van der Waals surface area contributed by atoms with Crippen LogP contribution in [0.3, 0.4) is 0 Å². The van der Waals surface area contributed by atoms with E-state index in [1.165, 1.54) is 43.4 Å². The SMILES string of the molecule is CNC(=O)[C@@H](Cc1ccccc1)N(Cc1ccc(Cl)c(Cl)c1)C(=O)CN(c1cc(C(F)(F)F)ccc1Cl)S(=O)(=O)c1ccccc1. The minimum atomic E-state index is -4.84. The van der Waals surface area contributed by atoms with Crippen LogP contribution in [0.2, 0.25) is 15.1 Å². The molecule has 0 heterocycles. The number of hydrogen-bond donors (Lipinski definition) is 1. The fraction of sp³-hybridized carbons (Fsp3) is 0.188. The molecule has 0 bridgehead atoms. The largest absolute Gasteiger partial charge is 0.416 e. The third kappa shape index (κ3) is 8.33. The Morgan fingerprint density at radius 1 is 0.804 bits per heavy atom. The van der Waals surface area contributed by atoms with Gasteiger partial charge in [-0.25, -0.2) is 8.42 Å². The summed E-state index contributed by atoms with van der Waals surface area (Å²) in [6, 6.07) is 21.3. The molecule has 0 aliphatic rings. The number of carbonyl (C=O) groups excluding carboxylic acids is 2. The number of nitrogens with zero attached hydrogens (tertiary/aromatic N) is 2. The summed E-state index contributed by atoms with van der Waals surface area (Å²) in [6.07, 6.45) is -4.81. The van der Waals surface area contributed by atoms with Crippen LogP contribution in [0.5, 0.6) is 0 Å². The third-order valence-corrected chi connectivity index (χ3v) is 9.84. The van der Waals surface area contributed by atoms with E-state index in [0.717, 1.165) is 11.0 Å². The van der Waals surface area contributed by atoms with Crippen molar-refractivity contribution in [1.82, 2.24) is 10.2 Å². The molecule has 0 aliphatic carbocycles. The number of hydrogen-bond acceptors (Lipinski definition) is 4. The summed E-state index contributed by atoms with van der Waals surface area (Å²) in [5, 5.41) is 2.62. The highest BCUT2D eigenvalue weighted by molar-refractivity contribution is 7.92. The maximum Gasteiger partial charge on any atom is 0.416 e. The van der Waals surface area contributed by atoms with E-state index >= 15 is 0 Å². The second-order valence-corrected chi connectivity index (χ2v) is 13.2. The van der Waals surface area contributed by atoms with Crippen LogP contribution in [-0.2, 0) is 38.8 Å². The van der Waals surface area contributed by atoms with E-state index in [2.05, 4.69) is 5.32 Å². The van der Waals surface area contributed by atoms with Crippen molar-refractivity contribution >= 4 is 62.3 Å². The Hall–Kier alpha value is -3.77. The number of alkyl halides is 3. The van der Waals surface area contributed by atoms with Crippen molar-refractivity contribution in [2.24, 2.45) is 0 Å². The first-order valence-electron chi connectivity index (χ1n) is 13.7. The van der Waals surface area contributed by atoms with Gasteiger partial charge in [-0.2, -0.15) is 13.2 Å². The molecule has 0 spiro atoms. The van der Waals surface area contributed by atoms with Crippen molar-refractivity contribution in [3.05, 3.63) is 129 Å². The number of sulfonamides is 1. The molecular formula is C32H27Cl3F3N3O4S. The maximum absolute atomic E-state index is 14.3. The van der Waals surface area contributed by atoms with Crippen molar-refractivity contribution < 1.29 is 31.2 Å². The average Bonchev–Trinajstić information content (AvgIpc) is 3.03. The van der Waals surface area contributed by atoms with Gasteiger partial charge < -0.3 is 10.2 Å². The van der Waals surface area contributed by atoms with Crippen LogP contribution in [0.15, 0.2) is 102 Å². The summed E-state index contributed by atoms with van der Waals surface area (Å²) in [7, 11) is -3.28. The monoisotopic (exact) mass is 711 g/mol. The van der Waals surface area contributed by atoms with Gasteiger partial charge in [0.15, 0.2) is 0 Å². The summed E-state index contributed by atoms with van der Waals surface area (Å²) in [5.74, 6) is -1.46. The van der Waals surface area contributed by atoms with E-state index in [4.69, 9.17) is 34.8 Å². The predicted molar refractivity (Wildman–Crippen MR) is 172 cm³/mol. The lowest BCUT2D eigenvalue weighted by molar-refractivity contribution is -0.139. The highest BCUT2D eigenvalue weighted by Gasteiger charge is 2.37. The highest BCUT2D eigenvalue weighted by Crippen LogP contribution is 2.37. The molecule has 0 radical (unpaired) electrons. The summed E-state index contributed by atoms with van der Waals surface area (Å²) in [5.41, 5.74) is -0.590. The molecule has 7 nitrogen and oxygen atoms in total. The second kappa shape index (κ2) is 14.8. The van der Waals surface area contributed by atoms with Gasteiger partial charge in [-0.3, -0.25) is 13.9 Å². The van der Waals surface area contributed by atoms with Crippen LogP contribution in [0, 0.1) is 0 Å². The molecule has 4 rings (SSSR count). The van der Waals surface area contributed by atoms with Crippen molar-refractivity contribution in [2.45, 2.75) is 30.1 Å². The first-order chi connectivity index (χ1) is 21.7. The minimum absolute atomic E-state index is 0.0311. The zero-order chi connectivity index (χ0) is 33.6. The number of carbonyl (C=O) groups is 2. The van der Waals surface area contributed by atoms with Crippen molar-refractivity contribution in [3.8, 4) is 0 Å². The molecule has 0 aromatic heterocycles. The standard InChI is InChI=1S/C32H27Cl3F3N3O4S/c1-39-31(43)29(17-21-8-4-2-5-9-21)40(19-22-12-14-25(33)27(35)16-22)30(42)20-41(46(44,45)24-10-6-3-7-11-24)28-18-23(32(36,37)38)13-15-26(28)34/h2-16,18,29H,17,19-20H2,1H3,(H,39,43)/t29-/m1/s1. The van der Waals surface area contributed by atoms with Gasteiger partial charge in [0.25, 0.3) is 10.0 Å². The summed E-state index contributed by atoms with van der Waals surface area (Å²) in [4.78, 5) is 28.5. The van der Waals surface area contributed by atoms with Gasteiger partial charge in [0.2, 0.25) is 11.8 Å². The molecule has 4 aromatic carbocycles. The van der Waals surface area contributed by atoms with Gasteiger partial charge in [-0.05, 0) is 53.6 Å². The zero-order valence-electron chi connectivity index (χ0n) is 24.1.